The van der Waals surface area contributed by atoms with E-state index in [1.165, 1.54) is 69.8 Å². The predicted molar refractivity (Wildman–Crippen MR) is 136 cm³/mol. The summed E-state index contributed by atoms with van der Waals surface area (Å²) >= 11 is 0. The molecule has 3 saturated carbocycles. The molecule has 0 heterocycles. The van der Waals surface area contributed by atoms with E-state index in [9.17, 15) is 4.39 Å². The maximum atomic E-state index is 12.5. The van der Waals surface area contributed by atoms with Gasteiger partial charge in [-0.25, -0.2) is 0 Å². The van der Waals surface area contributed by atoms with Crippen molar-refractivity contribution >= 4 is 0 Å². The first kappa shape index (κ1) is 24.3. The quantitative estimate of drug-likeness (QED) is 0.359. The standard InChI is InChI=1S/C31H49F/c1-2-3-24-10-14-28(15-11-24)30-18-20-31(21-19-30)29-16-12-26(13-17-29)5-4-25-6-8-27(9-7-25)22-23-32/h6-9,24,26,28-31H,2-5,10-23H2,1H3/t24-,26?,28-,29?,30-,31-. The minimum atomic E-state index is -0.246. The fraction of sp³-hybridized carbons (Fsp3) is 0.806. The van der Waals surface area contributed by atoms with Crippen LogP contribution in [0.15, 0.2) is 24.3 Å². The number of rotatable bonds is 9. The Bertz CT molecular complexity index is 625. The molecule has 32 heavy (non-hydrogen) atoms. The fourth-order valence-electron chi connectivity index (χ4n) is 7.75. The van der Waals surface area contributed by atoms with Crippen LogP contribution in [0.5, 0.6) is 0 Å². The van der Waals surface area contributed by atoms with Crippen LogP contribution in [0.3, 0.4) is 0 Å². The Morgan fingerprint density at radius 2 is 0.938 bits per heavy atom. The Kier molecular flexibility index (Phi) is 9.54. The van der Waals surface area contributed by atoms with Gasteiger partial charge in [-0.15, -0.1) is 0 Å². The van der Waals surface area contributed by atoms with Gasteiger partial charge in [0.25, 0.3) is 0 Å². The van der Waals surface area contributed by atoms with E-state index in [4.69, 9.17) is 0 Å². The van der Waals surface area contributed by atoms with E-state index >= 15 is 0 Å². The van der Waals surface area contributed by atoms with Crippen molar-refractivity contribution in [1.82, 2.24) is 0 Å². The smallest absolute Gasteiger partial charge is 0.0934 e. The molecule has 0 unspecified atom stereocenters. The van der Waals surface area contributed by atoms with E-state index < -0.39 is 0 Å². The zero-order valence-electron chi connectivity index (χ0n) is 20.9. The van der Waals surface area contributed by atoms with E-state index in [-0.39, 0.29) is 6.67 Å². The molecule has 0 spiro atoms. The zero-order valence-corrected chi connectivity index (χ0v) is 20.9. The van der Waals surface area contributed by atoms with Gasteiger partial charge in [0.2, 0.25) is 0 Å². The highest BCUT2D eigenvalue weighted by molar-refractivity contribution is 5.22. The molecule has 3 fully saturated rings. The summed E-state index contributed by atoms with van der Waals surface area (Å²) in [4.78, 5) is 0. The molecule has 4 rings (SSSR count). The second-order valence-corrected chi connectivity index (χ2v) is 11.8. The van der Waals surface area contributed by atoms with Crippen LogP contribution in [0.2, 0.25) is 0 Å². The molecule has 3 aliphatic carbocycles. The average Bonchev–Trinajstić information content (AvgIpc) is 2.85. The summed E-state index contributed by atoms with van der Waals surface area (Å²) in [6.07, 6.45) is 24.2. The lowest BCUT2D eigenvalue weighted by Gasteiger charge is -2.41. The highest BCUT2D eigenvalue weighted by atomic mass is 19.1. The minimum absolute atomic E-state index is 0.246. The molecular weight excluding hydrogens is 391 g/mol. The third kappa shape index (κ3) is 6.83. The van der Waals surface area contributed by atoms with Crippen molar-refractivity contribution in [1.29, 1.82) is 0 Å². The predicted octanol–water partition coefficient (Wildman–Crippen LogP) is 9.35. The van der Waals surface area contributed by atoms with Crippen LogP contribution >= 0.6 is 0 Å². The topological polar surface area (TPSA) is 0 Å². The Morgan fingerprint density at radius 3 is 1.34 bits per heavy atom. The van der Waals surface area contributed by atoms with E-state index in [2.05, 4.69) is 31.2 Å². The molecule has 0 N–H and O–H groups in total. The molecule has 3 aliphatic rings. The monoisotopic (exact) mass is 440 g/mol. The van der Waals surface area contributed by atoms with Gasteiger partial charge >= 0.3 is 0 Å². The van der Waals surface area contributed by atoms with Gasteiger partial charge in [0.15, 0.2) is 0 Å². The summed E-state index contributed by atoms with van der Waals surface area (Å²) in [5.74, 6) is 6.22. The summed E-state index contributed by atoms with van der Waals surface area (Å²) in [5, 5.41) is 0. The van der Waals surface area contributed by atoms with Crippen molar-refractivity contribution in [2.75, 3.05) is 6.67 Å². The van der Waals surface area contributed by atoms with Crippen molar-refractivity contribution in [3.8, 4) is 0 Å². The maximum Gasteiger partial charge on any atom is 0.0934 e. The van der Waals surface area contributed by atoms with Crippen molar-refractivity contribution in [3.63, 3.8) is 0 Å². The molecule has 1 aromatic rings. The number of hydrogen-bond donors (Lipinski definition) is 0. The van der Waals surface area contributed by atoms with E-state index in [0.29, 0.717) is 6.42 Å². The first-order valence-electron chi connectivity index (χ1n) is 14.4. The van der Waals surface area contributed by atoms with Gasteiger partial charge in [-0.2, -0.15) is 0 Å². The van der Waals surface area contributed by atoms with Gasteiger partial charge in [-0.05, 0) is 111 Å². The largest absolute Gasteiger partial charge is 0.251 e. The summed E-state index contributed by atoms with van der Waals surface area (Å²) in [7, 11) is 0. The van der Waals surface area contributed by atoms with Gasteiger partial charge in [-0.1, -0.05) is 69.7 Å². The molecule has 0 atom stereocenters. The second-order valence-electron chi connectivity index (χ2n) is 11.8. The molecule has 180 valence electrons. The summed E-state index contributed by atoms with van der Waals surface area (Å²) in [6, 6.07) is 8.70. The maximum absolute atomic E-state index is 12.5. The van der Waals surface area contributed by atoms with Gasteiger partial charge in [0.1, 0.15) is 0 Å². The van der Waals surface area contributed by atoms with E-state index in [0.717, 1.165) is 41.1 Å². The SMILES string of the molecule is CCC[C@H]1CC[C@H]([C@H]2CC[C@H](C3CCC(CCc4ccc(CCF)cc4)CC3)CC2)CC1. The lowest BCUT2D eigenvalue weighted by atomic mass is 9.64. The highest BCUT2D eigenvalue weighted by Crippen LogP contribution is 2.46. The molecule has 0 amide bonds. The molecule has 0 aromatic heterocycles. The molecule has 0 bridgehead atoms. The van der Waals surface area contributed by atoms with Gasteiger partial charge < -0.3 is 0 Å². The van der Waals surface area contributed by atoms with E-state index in [1.54, 1.807) is 38.5 Å². The third-order valence-electron chi connectivity index (χ3n) is 9.88. The van der Waals surface area contributed by atoms with Crippen LogP contribution in [0, 0.1) is 35.5 Å². The van der Waals surface area contributed by atoms with E-state index in [1.807, 2.05) is 0 Å². The van der Waals surface area contributed by atoms with Crippen molar-refractivity contribution in [2.24, 2.45) is 35.5 Å². The summed E-state index contributed by atoms with van der Waals surface area (Å²) in [5.41, 5.74) is 2.58. The number of hydrogen-bond acceptors (Lipinski definition) is 0. The molecule has 0 radical (unpaired) electrons. The summed E-state index contributed by atoms with van der Waals surface area (Å²) < 4.78 is 12.5. The zero-order chi connectivity index (χ0) is 22.2. The van der Waals surface area contributed by atoms with Crippen LogP contribution < -0.4 is 0 Å². The van der Waals surface area contributed by atoms with Crippen molar-refractivity contribution in [3.05, 3.63) is 35.4 Å². The van der Waals surface area contributed by atoms with Crippen molar-refractivity contribution < 1.29 is 4.39 Å². The molecule has 0 aliphatic heterocycles. The molecule has 0 saturated heterocycles. The minimum Gasteiger partial charge on any atom is -0.251 e. The number of alkyl halides is 1. The van der Waals surface area contributed by atoms with Crippen LogP contribution in [0.1, 0.15) is 114 Å². The fourth-order valence-corrected chi connectivity index (χ4v) is 7.75. The third-order valence-corrected chi connectivity index (χ3v) is 9.88. The second kappa shape index (κ2) is 12.6. The number of benzene rings is 1. The summed E-state index contributed by atoms with van der Waals surface area (Å²) in [6.45, 7) is 2.11. The van der Waals surface area contributed by atoms with Crippen molar-refractivity contribution in [2.45, 2.75) is 116 Å². The Labute approximate surface area is 198 Å². The lowest BCUT2D eigenvalue weighted by Crippen LogP contribution is -2.29. The Hall–Kier alpha value is -0.850. The number of aryl methyl sites for hydroxylation is 2. The van der Waals surface area contributed by atoms with Gasteiger partial charge in [-0.3, -0.25) is 4.39 Å². The number of halogens is 1. The lowest BCUT2D eigenvalue weighted by molar-refractivity contribution is 0.102. The van der Waals surface area contributed by atoms with Gasteiger partial charge in [0, 0.05) is 6.42 Å². The Morgan fingerprint density at radius 1 is 0.562 bits per heavy atom. The molecular formula is C31H49F. The highest BCUT2D eigenvalue weighted by Gasteiger charge is 2.34. The normalized spacial score (nSPS) is 33.8. The molecule has 1 heteroatoms. The first-order valence-corrected chi connectivity index (χ1v) is 14.4. The van der Waals surface area contributed by atoms with Gasteiger partial charge in [0.05, 0.1) is 6.67 Å². The first-order chi connectivity index (χ1) is 15.7. The average molecular weight is 441 g/mol. The van der Waals surface area contributed by atoms with Crippen LogP contribution in [-0.2, 0) is 12.8 Å². The van der Waals surface area contributed by atoms with Crippen LogP contribution in [0.25, 0.3) is 0 Å². The Balaban J connectivity index is 1.12. The molecule has 1 aromatic carbocycles. The molecule has 0 nitrogen and oxygen atoms in total. The van der Waals surface area contributed by atoms with Crippen LogP contribution in [0.4, 0.5) is 4.39 Å². The van der Waals surface area contributed by atoms with Crippen LogP contribution in [-0.4, -0.2) is 6.67 Å².